The van der Waals surface area contributed by atoms with Crippen molar-refractivity contribution in [3.63, 3.8) is 0 Å². The number of esters is 1. The molecule has 0 saturated carbocycles. The summed E-state index contributed by atoms with van der Waals surface area (Å²) in [4.78, 5) is 10.2. The van der Waals surface area contributed by atoms with Gasteiger partial charge < -0.3 is 42.6 Å². The molecule has 0 N–H and O–H groups in total. The largest absolute Gasteiger partial charge is 0.502 e. The third-order valence-corrected chi connectivity index (χ3v) is 5.41. The average molecular weight is 581 g/mol. The first-order chi connectivity index (χ1) is 20.2. The summed E-state index contributed by atoms with van der Waals surface area (Å²) in [5.74, 6) is -0.123. The second-order valence-corrected chi connectivity index (χ2v) is 8.66. The second-order valence-electron chi connectivity index (χ2n) is 8.66. The Morgan fingerprint density at radius 3 is 1.61 bits per heavy atom. The Hall–Kier alpha value is -2.73. The highest BCUT2D eigenvalue weighted by atomic mass is 16.8. The van der Waals surface area contributed by atoms with E-state index in [2.05, 4.69) is 10.8 Å². The molecule has 0 aromatic carbocycles. The zero-order valence-electron chi connectivity index (χ0n) is 24.7. The fourth-order valence-electron chi connectivity index (χ4n) is 3.11. The van der Waals surface area contributed by atoms with Gasteiger partial charge in [0.15, 0.2) is 12.6 Å². The summed E-state index contributed by atoms with van der Waals surface area (Å²) in [7, 11) is 4.88. The molecule has 0 amide bonds. The SMILES string of the molecule is C1=CCOC1.C1=CCOCC1.C1=COCCC1.COC1C=CC(OC)O1.COC1CC=COC1.O=C1CCC=CO1. The van der Waals surface area contributed by atoms with E-state index in [1.54, 1.807) is 33.9 Å². The number of allylic oxidation sites excluding steroid dienone is 2. The summed E-state index contributed by atoms with van der Waals surface area (Å²) in [6.07, 6.45) is 28.3. The molecule has 10 nitrogen and oxygen atoms in total. The van der Waals surface area contributed by atoms with Gasteiger partial charge >= 0.3 is 5.97 Å². The molecule has 6 aliphatic heterocycles. The van der Waals surface area contributed by atoms with Gasteiger partial charge in [-0.25, -0.2) is 0 Å². The quantitative estimate of drug-likeness (QED) is 0.330. The van der Waals surface area contributed by atoms with Gasteiger partial charge in [-0.2, -0.15) is 0 Å². The van der Waals surface area contributed by atoms with Crippen LogP contribution in [0.3, 0.4) is 0 Å². The first-order valence-corrected chi connectivity index (χ1v) is 13.9. The Kier molecular flexibility index (Phi) is 24.3. The molecule has 0 bridgehead atoms. The molecule has 41 heavy (non-hydrogen) atoms. The molecule has 0 spiro atoms. The minimum atomic E-state index is -0.227. The van der Waals surface area contributed by atoms with Crippen LogP contribution in [0.1, 0.15) is 38.5 Å². The summed E-state index contributed by atoms with van der Waals surface area (Å²) in [5.41, 5.74) is 0. The maximum absolute atomic E-state index is 10.2. The number of carbonyl (C=O) groups is 1. The Balaban J connectivity index is 0.000000248. The van der Waals surface area contributed by atoms with Crippen molar-refractivity contribution in [2.75, 3.05) is 61.0 Å². The summed E-state index contributed by atoms with van der Waals surface area (Å²) < 4.78 is 44.0. The molecule has 6 heterocycles. The summed E-state index contributed by atoms with van der Waals surface area (Å²) in [6, 6.07) is 0. The number of hydrogen-bond donors (Lipinski definition) is 0. The molecule has 0 aromatic rings. The van der Waals surface area contributed by atoms with E-state index in [1.807, 2.05) is 48.6 Å². The van der Waals surface area contributed by atoms with Crippen LogP contribution in [0, 0.1) is 0 Å². The lowest BCUT2D eigenvalue weighted by Crippen LogP contribution is -2.18. The Bertz CT molecular complexity index is 751. The fraction of sp³-hybridized carbons (Fsp3) is 0.581. The van der Waals surface area contributed by atoms with E-state index < -0.39 is 0 Å². The van der Waals surface area contributed by atoms with Crippen LogP contribution in [0.25, 0.3) is 0 Å². The highest BCUT2D eigenvalue weighted by Crippen LogP contribution is 2.11. The van der Waals surface area contributed by atoms with E-state index in [0.717, 1.165) is 52.3 Å². The number of carbonyl (C=O) groups excluding carboxylic acids is 1. The van der Waals surface area contributed by atoms with Crippen LogP contribution in [0.5, 0.6) is 0 Å². The number of hydrogen-bond acceptors (Lipinski definition) is 10. The van der Waals surface area contributed by atoms with Gasteiger partial charge in [0, 0.05) is 27.8 Å². The molecule has 0 aliphatic carbocycles. The second kappa shape index (κ2) is 27.4. The lowest BCUT2D eigenvalue weighted by molar-refractivity contribution is -0.173. The van der Waals surface area contributed by atoms with Crippen LogP contribution in [0.15, 0.2) is 73.5 Å². The number of methoxy groups -OCH3 is 3. The van der Waals surface area contributed by atoms with E-state index in [9.17, 15) is 4.79 Å². The Labute approximate surface area is 245 Å². The summed E-state index contributed by atoms with van der Waals surface area (Å²) >= 11 is 0. The molecule has 0 saturated heterocycles. The van der Waals surface area contributed by atoms with Gasteiger partial charge in [-0.1, -0.05) is 24.3 Å². The third-order valence-electron chi connectivity index (χ3n) is 5.41. The molecule has 3 atom stereocenters. The molecular formula is C31H48O10. The standard InChI is InChI=1S/C6H10O3.C6H10O2.C5H6O2.2C5H8O.C4H6O/c1-7-5-3-4-6(8-2)9-5;1-7-6-3-2-4-8-5-6;6-5-3-1-2-4-7-5;2*1-2-4-6-5-3-1;1-2-4-5-3-1/h3-6H,1-2H3;2,4,6H,3,5H2,1H3;2,4H,1,3H2;2,4H,1,3,5H2;1-2H,3-5H2;1-2H,3-4H2. The summed E-state index contributed by atoms with van der Waals surface area (Å²) in [6.45, 7) is 4.99. The van der Waals surface area contributed by atoms with Gasteiger partial charge in [-0.05, 0) is 62.5 Å². The van der Waals surface area contributed by atoms with Gasteiger partial charge in [0.25, 0.3) is 0 Å². The van der Waals surface area contributed by atoms with Gasteiger partial charge in [0.05, 0.1) is 57.9 Å². The first kappa shape index (κ1) is 36.3. The van der Waals surface area contributed by atoms with Crippen molar-refractivity contribution in [2.24, 2.45) is 0 Å². The van der Waals surface area contributed by atoms with E-state index in [4.69, 9.17) is 37.9 Å². The van der Waals surface area contributed by atoms with Crippen LogP contribution < -0.4 is 0 Å². The zero-order chi connectivity index (χ0) is 29.6. The molecule has 232 valence electrons. The monoisotopic (exact) mass is 580 g/mol. The molecule has 3 unspecified atom stereocenters. The van der Waals surface area contributed by atoms with Crippen LogP contribution in [0.2, 0.25) is 0 Å². The van der Waals surface area contributed by atoms with E-state index in [0.29, 0.717) is 13.0 Å². The molecule has 0 radical (unpaired) electrons. The number of cyclic esters (lactones) is 1. The first-order valence-electron chi connectivity index (χ1n) is 13.9. The van der Waals surface area contributed by atoms with Crippen molar-refractivity contribution in [3.8, 4) is 0 Å². The minimum Gasteiger partial charge on any atom is -0.502 e. The lowest BCUT2D eigenvalue weighted by atomic mass is 10.2. The molecule has 0 aromatic heterocycles. The summed E-state index contributed by atoms with van der Waals surface area (Å²) in [5, 5.41) is 0. The van der Waals surface area contributed by atoms with E-state index in [1.165, 1.54) is 19.1 Å². The fourth-order valence-corrected chi connectivity index (χ4v) is 3.11. The number of ether oxygens (including phenoxy) is 9. The van der Waals surface area contributed by atoms with E-state index in [-0.39, 0.29) is 24.7 Å². The minimum absolute atomic E-state index is 0.123. The molecule has 6 aliphatic rings. The van der Waals surface area contributed by atoms with Crippen molar-refractivity contribution < 1.29 is 47.4 Å². The van der Waals surface area contributed by atoms with Crippen LogP contribution in [-0.4, -0.2) is 85.6 Å². The maximum atomic E-state index is 10.2. The van der Waals surface area contributed by atoms with Gasteiger partial charge in [0.1, 0.15) is 6.61 Å². The normalized spacial score (nSPS) is 24.6. The van der Waals surface area contributed by atoms with Crippen LogP contribution in [-0.2, 0) is 47.4 Å². The molecule has 0 fully saturated rings. The third kappa shape index (κ3) is 22.6. The van der Waals surface area contributed by atoms with Crippen molar-refractivity contribution in [3.05, 3.63) is 73.5 Å². The zero-order valence-corrected chi connectivity index (χ0v) is 24.7. The van der Waals surface area contributed by atoms with Crippen molar-refractivity contribution >= 4 is 5.97 Å². The van der Waals surface area contributed by atoms with Crippen LogP contribution >= 0.6 is 0 Å². The highest BCUT2D eigenvalue weighted by molar-refractivity contribution is 5.70. The van der Waals surface area contributed by atoms with Gasteiger partial charge in [-0.15, -0.1) is 0 Å². The van der Waals surface area contributed by atoms with Crippen molar-refractivity contribution in [1.82, 2.24) is 0 Å². The van der Waals surface area contributed by atoms with Crippen molar-refractivity contribution in [2.45, 2.75) is 57.2 Å². The maximum Gasteiger partial charge on any atom is 0.310 e. The van der Waals surface area contributed by atoms with Gasteiger partial charge in [0.2, 0.25) is 0 Å². The highest BCUT2D eigenvalue weighted by Gasteiger charge is 2.16. The van der Waals surface area contributed by atoms with Crippen LogP contribution in [0.4, 0.5) is 0 Å². The molecule has 6 rings (SSSR count). The smallest absolute Gasteiger partial charge is 0.310 e. The van der Waals surface area contributed by atoms with Crippen molar-refractivity contribution in [1.29, 1.82) is 0 Å². The predicted molar refractivity (Wildman–Crippen MR) is 156 cm³/mol. The molecular weight excluding hydrogens is 532 g/mol. The lowest BCUT2D eigenvalue weighted by Gasteiger charge is -2.15. The van der Waals surface area contributed by atoms with Gasteiger partial charge in [-0.3, -0.25) is 4.79 Å². The Morgan fingerprint density at radius 2 is 1.37 bits per heavy atom. The average Bonchev–Trinajstić information content (AvgIpc) is 3.81. The number of rotatable bonds is 3. The van der Waals surface area contributed by atoms with E-state index >= 15 is 0 Å². The predicted octanol–water partition coefficient (Wildman–Crippen LogP) is 5.14. The topological polar surface area (TPSA) is 100 Å². The molecule has 10 heteroatoms. The Morgan fingerprint density at radius 1 is 0.683 bits per heavy atom.